The number of carbonyl (C=O) groups excluding carboxylic acids is 1. The van der Waals surface area contributed by atoms with Crippen molar-refractivity contribution in [1.29, 1.82) is 10.5 Å². The Balaban J connectivity index is 2.06. The number of fused-ring (bicyclic) bond motifs is 1. The fourth-order valence-electron chi connectivity index (χ4n) is 3.03. The summed E-state index contributed by atoms with van der Waals surface area (Å²) in [6.07, 6.45) is 2.31. The summed E-state index contributed by atoms with van der Waals surface area (Å²) >= 11 is 0. The molecule has 0 radical (unpaired) electrons. The maximum atomic E-state index is 15.1. The number of nitrogens with zero attached hydrogens (tertiary/aromatic N) is 4. The average Bonchev–Trinajstić information content (AvgIpc) is 2.75. The highest BCUT2D eigenvalue weighted by Gasteiger charge is 2.46. The largest absolute Gasteiger partial charge is 0.356 e. The summed E-state index contributed by atoms with van der Waals surface area (Å²) in [5.41, 5.74) is -3.53. The fraction of sp³-hybridized carbons (Fsp3) is 0.200. The van der Waals surface area contributed by atoms with Gasteiger partial charge in [-0.1, -0.05) is 0 Å². The van der Waals surface area contributed by atoms with Crippen molar-refractivity contribution in [1.82, 2.24) is 20.3 Å². The van der Waals surface area contributed by atoms with Gasteiger partial charge in [0.25, 0.3) is 11.5 Å². The van der Waals surface area contributed by atoms with E-state index in [1.165, 1.54) is 19.9 Å². The van der Waals surface area contributed by atoms with E-state index in [0.717, 1.165) is 24.5 Å². The van der Waals surface area contributed by atoms with Crippen LogP contribution in [0.3, 0.4) is 0 Å². The van der Waals surface area contributed by atoms with Gasteiger partial charge in [-0.2, -0.15) is 19.3 Å². The van der Waals surface area contributed by atoms with Crippen LogP contribution in [0, 0.1) is 35.4 Å². The van der Waals surface area contributed by atoms with Crippen LogP contribution in [-0.4, -0.2) is 20.9 Å². The molecule has 2 heterocycles. The number of amides is 1. The van der Waals surface area contributed by atoms with Gasteiger partial charge in [-0.05, 0) is 31.5 Å². The molecule has 31 heavy (non-hydrogen) atoms. The molecule has 3 rings (SSSR count). The normalized spacial score (nSPS) is 12.1. The lowest BCUT2D eigenvalue weighted by Crippen LogP contribution is -2.43. The van der Waals surface area contributed by atoms with Gasteiger partial charge in [0.1, 0.15) is 29.3 Å². The molecular formula is C20H13F3N6O2. The number of aromatic nitrogens is 3. The van der Waals surface area contributed by atoms with E-state index < -0.39 is 40.4 Å². The van der Waals surface area contributed by atoms with Gasteiger partial charge in [0.15, 0.2) is 0 Å². The van der Waals surface area contributed by atoms with E-state index in [-0.39, 0.29) is 27.9 Å². The summed E-state index contributed by atoms with van der Waals surface area (Å²) in [4.78, 5) is 34.5. The second kappa shape index (κ2) is 7.88. The molecule has 0 bridgehead atoms. The third kappa shape index (κ3) is 3.69. The number of hydrogen-bond acceptors (Lipinski definition) is 6. The van der Waals surface area contributed by atoms with Crippen LogP contribution in [0.15, 0.2) is 29.3 Å². The Morgan fingerprint density at radius 3 is 2.45 bits per heavy atom. The van der Waals surface area contributed by atoms with Gasteiger partial charge in [0.2, 0.25) is 0 Å². The van der Waals surface area contributed by atoms with E-state index in [1.807, 2.05) is 5.32 Å². The van der Waals surface area contributed by atoms with Crippen molar-refractivity contribution in [2.75, 3.05) is 0 Å². The quantitative estimate of drug-likeness (QED) is 0.658. The molecule has 156 valence electrons. The van der Waals surface area contributed by atoms with Gasteiger partial charge in [-0.3, -0.25) is 9.59 Å². The zero-order valence-corrected chi connectivity index (χ0v) is 16.1. The van der Waals surface area contributed by atoms with Crippen LogP contribution in [0.1, 0.15) is 41.0 Å². The van der Waals surface area contributed by atoms with Crippen LogP contribution < -0.4 is 10.9 Å². The van der Waals surface area contributed by atoms with Crippen LogP contribution in [0.25, 0.3) is 10.9 Å². The van der Waals surface area contributed by atoms with E-state index in [1.54, 1.807) is 6.07 Å². The molecule has 0 fully saturated rings. The third-order valence-electron chi connectivity index (χ3n) is 4.62. The van der Waals surface area contributed by atoms with Crippen molar-refractivity contribution in [2.24, 2.45) is 0 Å². The second-order valence-corrected chi connectivity index (χ2v) is 6.62. The molecule has 0 saturated heterocycles. The number of rotatable bonds is 4. The fourth-order valence-corrected chi connectivity index (χ4v) is 3.03. The van der Waals surface area contributed by atoms with Crippen LogP contribution >= 0.6 is 0 Å². The Kier molecular flexibility index (Phi) is 5.45. The number of benzene rings is 1. The molecule has 0 aliphatic heterocycles. The van der Waals surface area contributed by atoms with Crippen molar-refractivity contribution in [2.45, 2.75) is 25.8 Å². The van der Waals surface area contributed by atoms with E-state index in [2.05, 4.69) is 15.0 Å². The second-order valence-electron chi connectivity index (χ2n) is 6.62. The minimum Gasteiger partial charge on any atom is -0.341 e. The first-order valence-corrected chi connectivity index (χ1v) is 8.78. The van der Waals surface area contributed by atoms with Gasteiger partial charge < -0.3 is 10.3 Å². The number of aromatic amines is 1. The highest BCUT2D eigenvalue weighted by molar-refractivity contribution is 5.92. The molecule has 0 saturated carbocycles. The first kappa shape index (κ1) is 21.5. The third-order valence-corrected chi connectivity index (χ3v) is 4.62. The monoisotopic (exact) mass is 426 g/mol. The molecule has 1 aromatic carbocycles. The molecule has 2 aromatic heterocycles. The molecule has 0 aliphatic carbocycles. The smallest absolute Gasteiger partial charge is 0.341 e. The molecule has 0 aliphatic rings. The Morgan fingerprint density at radius 1 is 1.23 bits per heavy atom. The maximum Gasteiger partial charge on any atom is 0.356 e. The standard InChI is InChI=1S/C20H13F3N6O2/c1-9-13(21)3-4-14-15(9)12(6-25)16(18(30)29-14)20(22,23)19(31)28-10(2)17-26-7-11(5-24)8-27-17/h3-4,7-8,10H,1-2H3,(H,28,31)(H,29,30). The SMILES string of the molecule is Cc1c(F)ccc2[nH]c(=O)c(C(F)(F)C(=O)NC(C)c3ncc(C#N)cn3)c(C#N)c12. The van der Waals surface area contributed by atoms with E-state index >= 15 is 8.78 Å². The van der Waals surface area contributed by atoms with Crippen molar-refractivity contribution in [3.05, 3.63) is 68.8 Å². The van der Waals surface area contributed by atoms with Gasteiger partial charge in [0.05, 0.1) is 22.7 Å². The number of hydrogen-bond donors (Lipinski definition) is 2. The Hall–Kier alpha value is -4.25. The van der Waals surface area contributed by atoms with Crippen LogP contribution in [0.2, 0.25) is 0 Å². The summed E-state index contributed by atoms with van der Waals surface area (Å²) < 4.78 is 44.1. The number of nitriles is 2. The Bertz CT molecular complexity index is 1340. The zero-order chi connectivity index (χ0) is 22.9. The molecule has 2 N–H and O–H groups in total. The predicted octanol–water partition coefficient (Wildman–Crippen LogP) is 2.48. The van der Waals surface area contributed by atoms with Gasteiger partial charge >= 0.3 is 5.92 Å². The molecule has 8 nitrogen and oxygen atoms in total. The number of aryl methyl sites for hydroxylation is 1. The number of alkyl halides is 2. The summed E-state index contributed by atoms with van der Waals surface area (Å²) in [6, 6.07) is 4.37. The lowest BCUT2D eigenvalue weighted by Gasteiger charge is -2.20. The maximum absolute atomic E-state index is 15.1. The molecule has 1 unspecified atom stereocenters. The first-order chi connectivity index (χ1) is 14.6. The van der Waals surface area contributed by atoms with Gasteiger partial charge in [-0.15, -0.1) is 0 Å². The number of H-pyrrole nitrogens is 1. The molecule has 1 amide bonds. The average molecular weight is 426 g/mol. The molecule has 1 atom stereocenters. The summed E-state index contributed by atoms with van der Waals surface area (Å²) in [7, 11) is 0. The lowest BCUT2D eigenvalue weighted by molar-refractivity contribution is -0.148. The van der Waals surface area contributed by atoms with Crippen molar-refractivity contribution >= 4 is 16.8 Å². The van der Waals surface area contributed by atoms with E-state index in [9.17, 15) is 19.2 Å². The highest BCUT2D eigenvalue weighted by Crippen LogP contribution is 2.33. The zero-order valence-electron chi connectivity index (χ0n) is 16.1. The van der Waals surface area contributed by atoms with Crippen LogP contribution in [0.5, 0.6) is 0 Å². The Labute approximate surface area is 173 Å². The number of halogens is 3. The lowest BCUT2D eigenvalue weighted by atomic mass is 9.96. The van der Waals surface area contributed by atoms with Crippen molar-refractivity contribution in [3.8, 4) is 12.1 Å². The number of nitrogens with one attached hydrogen (secondary N) is 2. The molecule has 3 aromatic rings. The van der Waals surface area contributed by atoms with Gasteiger partial charge in [0, 0.05) is 17.8 Å². The summed E-state index contributed by atoms with van der Waals surface area (Å²) in [6.45, 7) is 2.59. The number of pyridine rings is 1. The molecule has 0 spiro atoms. The topological polar surface area (TPSA) is 135 Å². The van der Waals surface area contributed by atoms with Gasteiger partial charge in [-0.25, -0.2) is 14.4 Å². The molecular weight excluding hydrogens is 413 g/mol. The predicted molar refractivity (Wildman–Crippen MR) is 101 cm³/mol. The van der Waals surface area contributed by atoms with Crippen molar-refractivity contribution < 1.29 is 18.0 Å². The molecule has 11 heteroatoms. The number of carbonyl (C=O) groups is 1. The van der Waals surface area contributed by atoms with Crippen molar-refractivity contribution in [3.63, 3.8) is 0 Å². The van der Waals surface area contributed by atoms with E-state index in [0.29, 0.717) is 0 Å². The minimum atomic E-state index is -4.42. The summed E-state index contributed by atoms with van der Waals surface area (Å²) in [5.74, 6) is -7.11. The Morgan fingerprint density at radius 2 is 1.87 bits per heavy atom. The van der Waals surface area contributed by atoms with Crippen LogP contribution in [0.4, 0.5) is 13.2 Å². The van der Waals surface area contributed by atoms with Crippen LogP contribution in [-0.2, 0) is 10.7 Å². The highest BCUT2D eigenvalue weighted by atomic mass is 19.3. The van der Waals surface area contributed by atoms with E-state index in [4.69, 9.17) is 5.26 Å². The summed E-state index contributed by atoms with van der Waals surface area (Å²) in [5, 5.41) is 20.0. The first-order valence-electron chi connectivity index (χ1n) is 8.78. The minimum absolute atomic E-state index is 0.0141.